The lowest BCUT2D eigenvalue weighted by molar-refractivity contribution is 0.173. The smallest absolute Gasteiger partial charge is 0.191 e. The summed E-state index contributed by atoms with van der Waals surface area (Å²) in [6.45, 7) is 11.8. The minimum Gasteiger partial charge on any atom is -0.356 e. The summed E-state index contributed by atoms with van der Waals surface area (Å²) < 4.78 is 1.81. The van der Waals surface area contributed by atoms with E-state index in [2.05, 4.69) is 53.3 Å². The SMILES string of the molecule is CN=C(NCCCN(C(C)C)C(C)C)NCc1cnn(C)c1.I. The Kier molecular flexibility index (Phi) is 11.2. The molecular weight excluding hydrogens is 403 g/mol. The average Bonchev–Trinajstić information content (AvgIpc) is 2.86. The van der Waals surface area contributed by atoms with Gasteiger partial charge in [0.15, 0.2) is 5.96 Å². The van der Waals surface area contributed by atoms with Crippen LogP contribution in [-0.2, 0) is 13.6 Å². The number of hydrogen-bond acceptors (Lipinski definition) is 3. The van der Waals surface area contributed by atoms with E-state index in [1.807, 2.05) is 19.4 Å². The summed E-state index contributed by atoms with van der Waals surface area (Å²) in [6, 6.07) is 1.17. The minimum absolute atomic E-state index is 0. The molecular formula is C16H33IN6. The van der Waals surface area contributed by atoms with Gasteiger partial charge in [0, 0.05) is 57.6 Å². The maximum Gasteiger partial charge on any atom is 0.191 e. The van der Waals surface area contributed by atoms with Crippen molar-refractivity contribution in [3.63, 3.8) is 0 Å². The summed E-state index contributed by atoms with van der Waals surface area (Å²) in [5.74, 6) is 0.837. The first kappa shape index (κ1) is 22.2. The Bertz CT molecular complexity index is 447. The van der Waals surface area contributed by atoms with Crippen LogP contribution < -0.4 is 10.6 Å². The van der Waals surface area contributed by atoms with E-state index in [1.165, 1.54) is 0 Å². The Morgan fingerprint density at radius 3 is 2.39 bits per heavy atom. The fraction of sp³-hybridized carbons (Fsp3) is 0.750. The summed E-state index contributed by atoms with van der Waals surface area (Å²) in [4.78, 5) is 6.76. The number of guanidine groups is 1. The van der Waals surface area contributed by atoms with Gasteiger partial charge in [-0.05, 0) is 34.1 Å². The van der Waals surface area contributed by atoms with Crippen molar-refractivity contribution >= 4 is 29.9 Å². The predicted octanol–water partition coefficient (Wildman–Crippen LogP) is 2.21. The van der Waals surface area contributed by atoms with Crippen molar-refractivity contribution in [2.24, 2.45) is 12.0 Å². The third-order valence-electron chi connectivity index (χ3n) is 3.65. The molecule has 7 heteroatoms. The molecule has 0 amide bonds. The average molecular weight is 436 g/mol. The zero-order valence-electron chi connectivity index (χ0n) is 15.3. The lowest BCUT2D eigenvalue weighted by Crippen LogP contribution is -2.41. The lowest BCUT2D eigenvalue weighted by atomic mass is 10.2. The molecule has 0 aromatic carbocycles. The Labute approximate surface area is 158 Å². The van der Waals surface area contributed by atoms with Gasteiger partial charge in [-0.15, -0.1) is 24.0 Å². The van der Waals surface area contributed by atoms with Gasteiger partial charge in [0.05, 0.1) is 6.20 Å². The molecule has 0 aliphatic carbocycles. The molecule has 0 radical (unpaired) electrons. The molecule has 0 bridgehead atoms. The second-order valence-corrected chi connectivity index (χ2v) is 6.15. The zero-order valence-corrected chi connectivity index (χ0v) is 17.7. The third-order valence-corrected chi connectivity index (χ3v) is 3.65. The highest BCUT2D eigenvalue weighted by Crippen LogP contribution is 2.05. The van der Waals surface area contributed by atoms with Crippen LogP contribution in [0.5, 0.6) is 0 Å². The molecule has 1 aromatic rings. The molecule has 1 rings (SSSR count). The summed E-state index contributed by atoms with van der Waals surface area (Å²) >= 11 is 0. The van der Waals surface area contributed by atoms with Gasteiger partial charge in [0.2, 0.25) is 0 Å². The van der Waals surface area contributed by atoms with E-state index >= 15 is 0 Å². The van der Waals surface area contributed by atoms with E-state index in [0.717, 1.165) is 37.6 Å². The molecule has 23 heavy (non-hydrogen) atoms. The molecule has 6 nitrogen and oxygen atoms in total. The van der Waals surface area contributed by atoms with Gasteiger partial charge in [0.25, 0.3) is 0 Å². The largest absolute Gasteiger partial charge is 0.356 e. The maximum absolute atomic E-state index is 4.25. The van der Waals surface area contributed by atoms with Gasteiger partial charge >= 0.3 is 0 Å². The van der Waals surface area contributed by atoms with Crippen LogP contribution >= 0.6 is 24.0 Å². The van der Waals surface area contributed by atoms with Gasteiger partial charge in [-0.1, -0.05) is 0 Å². The van der Waals surface area contributed by atoms with Gasteiger partial charge in [0.1, 0.15) is 0 Å². The molecule has 0 unspecified atom stereocenters. The quantitative estimate of drug-likeness (QED) is 0.284. The summed E-state index contributed by atoms with van der Waals surface area (Å²) in [7, 11) is 3.72. The molecule has 134 valence electrons. The second-order valence-electron chi connectivity index (χ2n) is 6.15. The van der Waals surface area contributed by atoms with Crippen LogP contribution in [0.3, 0.4) is 0 Å². The fourth-order valence-electron chi connectivity index (χ4n) is 2.55. The maximum atomic E-state index is 4.25. The molecule has 1 aromatic heterocycles. The number of halogens is 1. The number of aliphatic imine (C=N–C) groups is 1. The van der Waals surface area contributed by atoms with E-state index in [9.17, 15) is 0 Å². The Morgan fingerprint density at radius 2 is 1.91 bits per heavy atom. The third kappa shape index (κ3) is 8.55. The highest BCUT2D eigenvalue weighted by molar-refractivity contribution is 14.0. The van der Waals surface area contributed by atoms with Crippen molar-refractivity contribution in [2.45, 2.75) is 52.7 Å². The van der Waals surface area contributed by atoms with E-state index < -0.39 is 0 Å². The predicted molar refractivity (Wildman–Crippen MR) is 108 cm³/mol. The summed E-state index contributed by atoms with van der Waals surface area (Å²) in [5, 5.41) is 10.8. The van der Waals surface area contributed by atoms with Crippen molar-refractivity contribution in [3.05, 3.63) is 18.0 Å². The van der Waals surface area contributed by atoms with Crippen molar-refractivity contribution in [3.8, 4) is 0 Å². The first-order chi connectivity index (χ1) is 10.4. The number of rotatable bonds is 8. The number of aryl methyl sites for hydroxylation is 1. The molecule has 2 N–H and O–H groups in total. The van der Waals surface area contributed by atoms with Crippen molar-refractivity contribution in [1.29, 1.82) is 0 Å². The molecule has 1 heterocycles. The highest BCUT2D eigenvalue weighted by atomic mass is 127. The highest BCUT2D eigenvalue weighted by Gasteiger charge is 2.12. The number of nitrogens with one attached hydrogen (secondary N) is 2. The first-order valence-corrected chi connectivity index (χ1v) is 8.11. The fourth-order valence-corrected chi connectivity index (χ4v) is 2.55. The topological polar surface area (TPSA) is 57.5 Å². The Hall–Kier alpha value is -0.830. The van der Waals surface area contributed by atoms with Gasteiger partial charge in [-0.25, -0.2) is 0 Å². The normalized spacial score (nSPS) is 12.0. The van der Waals surface area contributed by atoms with Crippen LogP contribution in [0.25, 0.3) is 0 Å². The summed E-state index contributed by atoms with van der Waals surface area (Å²) in [6.07, 6.45) is 4.97. The van der Waals surface area contributed by atoms with Crippen LogP contribution in [0.1, 0.15) is 39.7 Å². The van der Waals surface area contributed by atoms with E-state index in [1.54, 1.807) is 11.7 Å². The molecule has 0 saturated carbocycles. The van der Waals surface area contributed by atoms with Crippen molar-refractivity contribution in [2.75, 3.05) is 20.1 Å². The van der Waals surface area contributed by atoms with Gasteiger partial charge in [-0.2, -0.15) is 5.10 Å². The van der Waals surface area contributed by atoms with Crippen LogP contribution in [0.2, 0.25) is 0 Å². The Morgan fingerprint density at radius 1 is 1.26 bits per heavy atom. The van der Waals surface area contributed by atoms with Crippen LogP contribution in [-0.4, -0.2) is 52.9 Å². The molecule has 0 fully saturated rings. The zero-order chi connectivity index (χ0) is 16.5. The van der Waals surface area contributed by atoms with Crippen molar-refractivity contribution in [1.82, 2.24) is 25.3 Å². The number of nitrogens with zero attached hydrogens (tertiary/aromatic N) is 4. The first-order valence-electron chi connectivity index (χ1n) is 8.11. The van der Waals surface area contributed by atoms with Crippen LogP contribution in [0, 0.1) is 0 Å². The number of aromatic nitrogens is 2. The summed E-state index contributed by atoms with van der Waals surface area (Å²) in [5.41, 5.74) is 1.15. The number of hydrogen-bond donors (Lipinski definition) is 2. The Balaban J connectivity index is 0.00000484. The molecule has 0 spiro atoms. The van der Waals surface area contributed by atoms with Crippen molar-refractivity contribution < 1.29 is 0 Å². The second kappa shape index (κ2) is 11.7. The van der Waals surface area contributed by atoms with E-state index in [0.29, 0.717) is 12.1 Å². The molecule has 0 atom stereocenters. The molecule has 0 saturated heterocycles. The van der Waals surface area contributed by atoms with Gasteiger partial charge < -0.3 is 10.6 Å². The minimum atomic E-state index is 0. The van der Waals surface area contributed by atoms with Gasteiger partial charge in [-0.3, -0.25) is 14.6 Å². The van der Waals surface area contributed by atoms with E-state index in [4.69, 9.17) is 0 Å². The van der Waals surface area contributed by atoms with E-state index in [-0.39, 0.29) is 24.0 Å². The van der Waals surface area contributed by atoms with Crippen LogP contribution in [0.15, 0.2) is 17.4 Å². The lowest BCUT2D eigenvalue weighted by Gasteiger charge is -2.30. The molecule has 0 aliphatic heterocycles. The monoisotopic (exact) mass is 436 g/mol. The standard InChI is InChI=1S/C16H32N6.HI/c1-13(2)22(14(3)4)9-7-8-18-16(17-5)19-10-15-11-20-21(6)12-15;/h11-14H,7-10H2,1-6H3,(H2,17,18,19);1H. The van der Waals surface area contributed by atoms with Crippen LogP contribution in [0.4, 0.5) is 0 Å². The molecule has 0 aliphatic rings.